The second-order valence-corrected chi connectivity index (χ2v) is 0.868. The van der Waals surface area contributed by atoms with Gasteiger partial charge in [0.25, 0.3) is 0 Å². The molecule has 5 heteroatoms. The first kappa shape index (κ1) is 11.3. The fourth-order valence-corrected chi connectivity index (χ4v) is 0.227. The Balaban J connectivity index is 0. The van der Waals surface area contributed by atoms with E-state index in [1.54, 1.807) is 12.5 Å². The molecule has 0 fully saturated rings. The molecule has 0 amide bonds. The first-order chi connectivity index (χ1) is 3.91. The maximum Gasteiger partial charge on any atom is 0.0902 e. The van der Waals surface area contributed by atoms with Crippen LogP contribution < -0.4 is 0 Å². The summed E-state index contributed by atoms with van der Waals surface area (Å²) in [5.41, 5.74) is 0. The van der Waals surface area contributed by atoms with Crippen molar-refractivity contribution in [2.75, 3.05) is 0 Å². The number of nitrogens with zero attached hydrogens (tertiary/aromatic N) is 1. The standard InChI is InChI=1S/C4H4O.HNO2.Sn/c1-2-4-5-3-1;2-1-3;/h1-4H;(H,2,3);/p-1. The van der Waals surface area contributed by atoms with Crippen LogP contribution in [0.15, 0.2) is 34.4 Å². The summed E-state index contributed by atoms with van der Waals surface area (Å²) in [7, 11) is 0. The maximum atomic E-state index is 8.00. The topological polar surface area (TPSA) is 65.6 Å². The van der Waals surface area contributed by atoms with E-state index in [1.165, 1.54) is 0 Å². The van der Waals surface area contributed by atoms with Gasteiger partial charge in [-0.15, -0.1) is 5.34 Å². The molecular weight excluding hydrogens is 229 g/mol. The quantitative estimate of drug-likeness (QED) is 0.383. The molecule has 1 aromatic rings. The molecule has 0 unspecified atom stereocenters. The molecule has 0 saturated heterocycles. The van der Waals surface area contributed by atoms with Crippen molar-refractivity contribution in [3.63, 3.8) is 0 Å². The van der Waals surface area contributed by atoms with Gasteiger partial charge in [-0.3, -0.25) is 0 Å². The van der Waals surface area contributed by atoms with Gasteiger partial charge in [-0.1, -0.05) is 0 Å². The van der Waals surface area contributed by atoms with E-state index in [-0.39, 0.29) is 23.9 Å². The number of furan rings is 1. The molecule has 0 aromatic carbocycles. The third kappa shape index (κ3) is 11.2. The van der Waals surface area contributed by atoms with Crippen LogP contribution >= 0.6 is 0 Å². The van der Waals surface area contributed by atoms with Crippen molar-refractivity contribution in [3.8, 4) is 0 Å². The van der Waals surface area contributed by atoms with Crippen LogP contribution in [0.3, 0.4) is 0 Å². The van der Waals surface area contributed by atoms with Crippen molar-refractivity contribution in [1.29, 1.82) is 0 Å². The number of hydrogen-bond donors (Lipinski definition) is 0. The van der Waals surface area contributed by atoms with Crippen LogP contribution in [0.1, 0.15) is 0 Å². The third-order valence-corrected chi connectivity index (χ3v) is 0.425. The van der Waals surface area contributed by atoms with Gasteiger partial charge in [0.2, 0.25) is 0 Å². The Morgan fingerprint density at radius 1 is 1.33 bits per heavy atom. The second kappa shape index (κ2) is 10.5. The number of rotatable bonds is 0. The van der Waals surface area contributed by atoms with E-state index < -0.39 is 0 Å². The van der Waals surface area contributed by atoms with Gasteiger partial charge in [-0.05, 0) is 12.1 Å². The van der Waals surface area contributed by atoms with Crippen molar-refractivity contribution in [3.05, 3.63) is 34.8 Å². The predicted octanol–water partition coefficient (Wildman–Crippen LogP) is 1.15. The van der Waals surface area contributed by atoms with E-state index in [9.17, 15) is 0 Å². The van der Waals surface area contributed by atoms with Gasteiger partial charge in [-0.2, -0.15) is 0 Å². The van der Waals surface area contributed by atoms with E-state index in [0.29, 0.717) is 0 Å². The zero-order valence-electron chi connectivity index (χ0n) is 4.48. The predicted molar refractivity (Wildman–Crippen MR) is 33.6 cm³/mol. The minimum Gasteiger partial charge on any atom is -0.473 e. The summed E-state index contributed by atoms with van der Waals surface area (Å²) in [6.45, 7) is 0. The van der Waals surface area contributed by atoms with Crippen molar-refractivity contribution in [1.82, 2.24) is 0 Å². The molecule has 0 aliphatic rings. The summed E-state index contributed by atoms with van der Waals surface area (Å²) in [5.74, 6) is 0. The van der Waals surface area contributed by atoms with E-state index in [2.05, 4.69) is 4.42 Å². The smallest absolute Gasteiger partial charge is 0.0902 e. The zero-order valence-corrected chi connectivity index (χ0v) is 7.34. The Labute approximate surface area is 68.8 Å². The molecule has 1 aromatic heterocycles. The molecule has 0 saturated carbocycles. The van der Waals surface area contributed by atoms with Gasteiger partial charge < -0.3 is 14.5 Å². The van der Waals surface area contributed by atoms with E-state index in [0.717, 1.165) is 5.34 Å². The largest absolute Gasteiger partial charge is 0.473 e. The molecule has 9 heavy (non-hydrogen) atoms. The minimum absolute atomic E-state index is 0. The molecule has 4 nitrogen and oxygen atoms in total. The molecule has 0 atom stereocenters. The molecule has 1 heterocycles. The van der Waals surface area contributed by atoms with Gasteiger partial charge in [0.1, 0.15) is 0 Å². The zero-order chi connectivity index (χ0) is 6.24. The fourth-order valence-electron chi connectivity index (χ4n) is 0.227. The van der Waals surface area contributed by atoms with Crippen molar-refractivity contribution in [2.24, 2.45) is 5.34 Å². The summed E-state index contributed by atoms with van der Waals surface area (Å²) in [6.07, 6.45) is 3.25. The average molecular weight is 233 g/mol. The van der Waals surface area contributed by atoms with E-state index in [1.807, 2.05) is 12.1 Å². The molecule has 0 aliphatic heterocycles. The van der Waals surface area contributed by atoms with Crippen molar-refractivity contribution < 1.29 is 4.42 Å². The molecule has 4 radical (unpaired) electrons. The van der Waals surface area contributed by atoms with Gasteiger partial charge >= 0.3 is 0 Å². The summed E-state index contributed by atoms with van der Waals surface area (Å²) >= 11 is 0. The van der Waals surface area contributed by atoms with Gasteiger partial charge in [0.05, 0.1) is 12.5 Å². The first-order valence-electron chi connectivity index (χ1n) is 1.84. The molecule has 0 bridgehead atoms. The Morgan fingerprint density at radius 2 is 1.67 bits per heavy atom. The van der Waals surface area contributed by atoms with Crippen LogP contribution in [0.25, 0.3) is 0 Å². The number of hydrogen-bond acceptors (Lipinski definition) is 4. The Hall–Kier alpha value is -0.521. The summed E-state index contributed by atoms with van der Waals surface area (Å²) < 4.78 is 4.58. The summed E-state index contributed by atoms with van der Waals surface area (Å²) in [6, 6.07) is 3.67. The Kier molecular flexibility index (Phi) is 13.1. The molecule has 48 valence electrons. The molecule has 0 aliphatic carbocycles. The maximum absolute atomic E-state index is 8.00. The van der Waals surface area contributed by atoms with Gasteiger partial charge in [0, 0.05) is 23.9 Å². The van der Waals surface area contributed by atoms with Crippen LogP contribution in [-0.2, 0) is 0 Å². The third-order valence-electron chi connectivity index (χ3n) is 0.425. The molecule has 0 spiro atoms. The van der Waals surface area contributed by atoms with Crippen molar-refractivity contribution >= 4 is 23.9 Å². The average Bonchev–Trinajstić information content (AvgIpc) is 2.17. The Bertz CT molecular complexity index is 102. The monoisotopic (exact) mass is 234 g/mol. The SMILES string of the molecule is O=N[O-].[Sn].c1ccoc1. The summed E-state index contributed by atoms with van der Waals surface area (Å²) in [4.78, 5) is 8.00. The van der Waals surface area contributed by atoms with Crippen LogP contribution in [-0.4, -0.2) is 23.9 Å². The van der Waals surface area contributed by atoms with Crippen LogP contribution in [0.2, 0.25) is 0 Å². The van der Waals surface area contributed by atoms with Crippen LogP contribution in [0.5, 0.6) is 0 Å². The van der Waals surface area contributed by atoms with Gasteiger partial charge in [0.15, 0.2) is 0 Å². The van der Waals surface area contributed by atoms with Crippen LogP contribution in [0, 0.1) is 10.1 Å². The van der Waals surface area contributed by atoms with Gasteiger partial charge in [-0.25, -0.2) is 0 Å². The van der Waals surface area contributed by atoms with E-state index in [4.69, 9.17) is 10.1 Å². The minimum atomic E-state index is 0. The van der Waals surface area contributed by atoms with Crippen molar-refractivity contribution in [2.45, 2.75) is 0 Å². The molecule has 1 rings (SSSR count). The first-order valence-corrected chi connectivity index (χ1v) is 1.84. The Morgan fingerprint density at radius 3 is 1.78 bits per heavy atom. The molecular formula is C4H4NO3Sn-. The molecule has 0 N–H and O–H groups in total. The van der Waals surface area contributed by atoms with E-state index >= 15 is 0 Å². The second-order valence-electron chi connectivity index (χ2n) is 0.868. The van der Waals surface area contributed by atoms with Crippen LogP contribution in [0.4, 0.5) is 0 Å². The summed E-state index contributed by atoms with van der Waals surface area (Å²) in [5, 5.41) is 9.00. The normalized spacial score (nSPS) is 5.78. The fraction of sp³-hybridized carbons (Fsp3) is 0.